The second kappa shape index (κ2) is 3.55. The second-order valence-electron chi connectivity index (χ2n) is 1.66. The zero-order chi connectivity index (χ0) is 7.23. The average Bonchev–Trinajstić information content (AvgIpc) is 2.03. The van der Waals surface area contributed by atoms with Crippen LogP contribution in [0.1, 0.15) is 5.69 Å². The van der Waals surface area contributed by atoms with Gasteiger partial charge in [-0.2, -0.15) is 0 Å². The molecule has 1 amide bonds. The molecule has 0 aliphatic heterocycles. The summed E-state index contributed by atoms with van der Waals surface area (Å²) in [5.41, 5.74) is 0.776. The van der Waals surface area contributed by atoms with Crippen molar-refractivity contribution in [3.8, 4) is 0 Å². The zero-order valence-corrected chi connectivity index (χ0v) is 5.24. The summed E-state index contributed by atoms with van der Waals surface area (Å²) in [6.07, 6.45) is 4.61. The molecule has 4 heteroatoms. The van der Waals surface area contributed by atoms with E-state index in [1.807, 2.05) is 0 Å². The standard InChI is InChI=1S/C6H6N3O/c10-5-8-3-6-1-2-7-4-9-6/h1-2,4H,3H2,(H,8,10). The van der Waals surface area contributed by atoms with Crippen molar-refractivity contribution < 1.29 is 4.79 Å². The summed E-state index contributed by atoms with van der Waals surface area (Å²) in [4.78, 5) is 17.3. The molecular weight excluding hydrogens is 130 g/mol. The molecule has 1 heterocycles. The van der Waals surface area contributed by atoms with Crippen molar-refractivity contribution in [2.75, 3.05) is 0 Å². The summed E-state index contributed by atoms with van der Waals surface area (Å²) in [6, 6.07) is 1.73. The lowest BCUT2D eigenvalue weighted by Gasteiger charge is -1.93. The zero-order valence-electron chi connectivity index (χ0n) is 5.24. The van der Waals surface area contributed by atoms with Crippen molar-refractivity contribution in [1.29, 1.82) is 0 Å². The fraction of sp³-hybridized carbons (Fsp3) is 0.167. The molecule has 51 valence electrons. The van der Waals surface area contributed by atoms with E-state index in [0.717, 1.165) is 5.69 Å². The molecule has 1 aromatic rings. The van der Waals surface area contributed by atoms with Gasteiger partial charge in [0.2, 0.25) is 0 Å². The number of carbonyl (C=O) groups excluding carboxylic acids is 1. The third kappa shape index (κ3) is 1.81. The van der Waals surface area contributed by atoms with Crippen LogP contribution in [-0.2, 0) is 11.3 Å². The maximum atomic E-state index is 9.70. The van der Waals surface area contributed by atoms with Crippen molar-refractivity contribution >= 4 is 6.41 Å². The Morgan fingerprint density at radius 2 is 2.60 bits per heavy atom. The third-order valence-electron chi connectivity index (χ3n) is 0.985. The fourth-order valence-electron chi connectivity index (χ4n) is 0.549. The number of nitrogens with one attached hydrogen (secondary N) is 1. The molecule has 0 spiro atoms. The summed E-state index contributed by atoms with van der Waals surface area (Å²) in [7, 11) is 0. The van der Waals surface area contributed by atoms with E-state index in [0.29, 0.717) is 6.54 Å². The van der Waals surface area contributed by atoms with Crippen LogP contribution < -0.4 is 5.32 Å². The van der Waals surface area contributed by atoms with Gasteiger partial charge in [0, 0.05) is 6.20 Å². The van der Waals surface area contributed by atoms with E-state index in [2.05, 4.69) is 15.3 Å². The van der Waals surface area contributed by atoms with E-state index in [1.165, 1.54) is 6.33 Å². The summed E-state index contributed by atoms with van der Waals surface area (Å²) >= 11 is 0. The van der Waals surface area contributed by atoms with Gasteiger partial charge < -0.3 is 5.32 Å². The summed E-state index contributed by atoms with van der Waals surface area (Å²) < 4.78 is 0. The molecule has 0 fully saturated rings. The van der Waals surface area contributed by atoms with Gasteiger partial charge in [-0.25, -0.2) is 9.97 Å². The number of amides is 1. The number of aromatic nitrogens is 2. The molecule has 1 radical (unpaired) electrons. The van der Waals surface area contributed by atoms with Crippen molar-refractivity contribution in [3.05, 3.63) is 24.3 Å². The molecule has 0 aliphatic carbocycles. The minimum absolute atomic E-state index is 0.409. The van der Waals surface area contributed by atoms with E-state index in [1.54, 1.807) is 18.7 Å². The quantitative estimate of drug-likeness (QED) is 0.577. The van der Waals surface area contributed by atoms with Crippen molar-refractivity contribution in [1.82, 2.24) is 15.3 Å². The predicted octanol–water partition coefficient (Wildman–Crippen LogP) is -0.367. The highest BCUT2D eigenvalue weighted by Crippen LogP contribution is 1.87. The normalized spacial score (nSPS) is 8.80. The molecule has 0 atom stereocenters. The van der Waals surface area contributed by atoms with E-state index in [-0.39, 0.29) is 0 Å². The van der Waals surface area contributed by atoms with Crippen molar-refractivity contribution in [3.63, 3.8) is 0 Å². The van der Waals surface area contributed by atoms with Crippen molar-refractivity contribution in [2.24, 2.45) is 0 Å². The van der Waals surface area contributed by atoms with Gasteiger partial charge in [0.05, 0.1) is 12.2 Å². The first-order valence-electron chi connectivity index (χ1n) is 2.78. The Morgan fingerprint density at radius 1 is 1.70 bits per heavy atom. The highest BCUT2D eigenvalue weighted by atomic mass is 16.1. The Balaban J connectivity index is 2.50. The second-order valence-corrected chi connectivity index (χ2v) is 1.66. The maximum absolute atomic E-state index is 9.70. The van der Waals surface area contributed by atoms with Gasteiger partial charge >= 0.3 is 6.41 Å². The Bertz CT molecular complexity index is 199. The lowest BCUT2D eigenvalue weighted by molar-refractivity contribution is 0.541. The molecule has 0 saturated heterocycles. The van der Waals surface area contributed by atoms with Gasteiger partial charge in [-0.15, -0.1) is 0 Å². The summed E-state index contributed by atoms with van der Waals surface area (Å²) in [6.45, 7) is 0.409. The Kier molecular flexibility index (Phi) is 2.37. The number of rotatable bonds is 3. The van der Waals surface area contributed by atoms with Crippen LogP contribution in [0.4, 0.5) is 0 Å². The van der Waals surface area contributed by atoms with E-state index in [9.17, 15) is 4.79 Å². The first-order chi connectivity index (χ1) is 4.93. The van der Waals surface area contributed by atoms with Crippen LogP contribution in [0.25, 0.3) is 0 Å². The van der Waals surface area contributed by atoms with E-state index < -0.39 is 0 Å². The SMILES string of the molecule is O=[C]NCc1ccncn1. The van der Waals surface area contributed by atoms with Crippen molar-refractivity contribution in [2.45, 2.75) is 6.54 Å². The highest BCUT2D eigenvalue weighted by Gasteiger charge is 1.88. The molecule has 0 saturated carbocycles. The number of hydrogen-bond donors (Lipinski definition) is 1. The molecule has 0 unspecified atom stereocenters. The van der Waals surface area contributed by atoms with Gasteiger partial charge in [0.25, 0.3) is 0 Å². The van der Waals surface area contributed by atoms with Gasteiger partial charge in [0.15, 0.2) is 0 Å². The lowest BCUT2D eigenvalue weighted by atomic mass is 10.4. The van der Waals surface area contributed by atoms with Crippen LogP contribution >= 0.6 is 0 Å². The minimum atomic E-state index is 0.409. The Labute approximate surface area is 58.3 Å². The average molecular weight is 136 g/mol. The first-order valence-corrected chi connectivity index (χ1v) is 2.78. The number of hydrogen-bond acceptors (Lipinski definition) is 3. The summed E-state index contributed by atoms with van der Waals surface area (Å²) in [5.74, 6) is 0. The third-order valence-corrected chi connectivity index (χ3v) is 0.985. The largest absolute Gasteiger partial charge is 0.342 e. The lowest BCUT2D eigenvalue weighted by Crippen LogP contribution is -2.10. The van der Waals surface area contributed by atoms with Crippen LogP contribution in [0.3, 0.4) is 0 Å². The van der Waals surface area contributed by atoms with Gasteiger partial charge in [-0.05, 0) is 6.07 Å². The van der Waals surface area contributed by atoms with Crippen LogP contribution in [-0.4, -0.2) is 16.4 Å². The van der Waals surface area contributed by atoms with Gasteiger partial charge in [-0.1, -0.05) is 0 Å². The predicted molar refractivity (Wildman–Crippen MR) is 34.6 cm³/mol. The summed E-state index contributed by atoms with van der Waals surface area (Å²) in [5, 5.41) is 2.37. The molecule has 1 N–H and O–H groups in total. The molecule has 0 aromatic carbocycles. The fourth-order valence-corrected chi connectivity index (χ4v) is 0.549. The monoisotopic (exact) mass is 136 g/mol. The maximum Gasteiger partial charge on any atom is 0.309 e. The molecule has 0 bridgehead atoms. The smallest absolute Gasteiger partial charge is 0.309 e. The molecular formula is C6H6N3O. The van der Waals surface area contributed by atoms with Crippen LogP contribution in [0, 0.1) is 0 Å². The topological polar surface area (TPSA) is 54.9 Å². The van der Waals surface area contributed by atoms with Gasteiger partial charge in [-0.3, -0.25) is 4.79 Å². The molecule has 0 aliphatic rings. The van der Waals surface area contributed by atoms with Crippen LogP contribution in [0.5, 0.6) is 0 Å². The van der Waals surface area contributed by atoms with E-state index in [4.69, 9.17) is 0 Å². The molecule has 10 heavy (non-hydrogen) atoms. The Morgan fingerprint density at radius 3 is 3.20 bits per heavy atom. The van der Waals surface area contributed by atoms with E-state index >= 15 is 0 Å². The van der Waals surface area contributed by atoms with Crippen LogP contribution in [0.15, 0.2) is 18.6 Å². The highest BCUT2D eigenvalue weighted by molar-refractivity contribution is 5.46. The van der Waals surface area contributed by atoms with Crippen LogP contribution in [0.2, 0.25) is 0 Å². The number of nitrogens with zero attached hydrogens (tertiary/aromatic N) is 2. The molecule has 1 aromatic heterocycles. The van der Waals surface area contributed by atoms with Gasteiger partial charge in [0.1, 0.15) is 6.33 Å². The molecule has 4 nitrogen and oxygen atoms in total. The minimum Gasteiger partial charge on any atom is -0.342 e. The first kappa shape index (κ1) is 6.67. The Hall–Kier alpha value is -1.45. The molecule has 1 rings (SSSR count).